The molecule has 1 saturated carbocycles. The van der Waals surface area contributed by atoms with Crippen molar-refractivity contribution < 1.29 is 49.1 Å². The third-order valence-electron chi connectivity index (χ3n) is 8.00. The number of nitrogens with one attached hydrogen (secondary N) is 1. The standard InChI is InChI=1S/C29H34N4O10/c1-7-15(35)43-25-16-11(2)12-8-9-13(31-14(34)10-32(3)4)22(36)17(12)23(37)18(16)26(39)29(42)20(25)21(33(5)6)24(38)19(27(29)40)28(30)41/h8-9,16,20-21,25,36-37,40,42H,2,7,10H2,1,3-6H3,(H2,30,41)(H,31,34). The van der Waals surface area contributed by atoms with Crippen molar-refractivity contribution in [1.29, 1.82) is 0 Å². The zero-order valence-electron chi connectivity index (χ0n) is 24.3. The number of aliphatic hydroxyl groups is 3. The first-order chi connectivity index (χ1) is 20.0. The molecule has 0 radical (unpaired) electrons. The van der Waals surface area contributed by atoms with E-state index < -0.39 is 87.3 Å². The molecule has 0 saturated heterocycles. The van der Waals surface area contributed by atoms with Crippen LogP contribution in [0.5, 0.6) is 5.75 Å². The van der Waals surface area contributed by atoms with E-state index in [2.05, 4.69) is 11.9 Å². The Labute approximate surface area is 246 Å². The lowest BCUT2D eigenvalue weighted by Gasteiger charge is -2.53. The number of amides is 2. The van der Waals surface area contributed by atoms with E-state index in [0.717, 1.165) is 0 Å². The average molecular weight is 599 g/mol. The van der Waals surface area contributed by atoms with E-state index in [1.165, 1.54) is 38.1 Å². The summed E-state index contributed by atoms with van der Waals surface area (Å²) in [6.07, 6.45) is -1.73. The highest BCUT2D eigenvalue weighted by molar-refractivity contribution is 6.25. The van der Waals surface area contributed by atoms with Crippen molar-refractivity contribution in [1.82, 2.24) is 9.80 Å². The highest BCUT2D eigenvalue weighted by Gasteiger charge is 2.69. The number of carbonyl (C=O) groups excluding carboxylic acids is 5. The molecule has 0 heterocycles. The van der Waals surface area contributed by atoms with Gasteiger partial charge < -0.3 is 41.1 Å². The van der Waals surface area contributed by atoms with Crippen LogP contribution in [0.1, 0.15) is 24.5 Å². The highest BCUT2D eigenvalue weighted by atomic mass is 16.5. The van der Waals surface area contributed by atoms with Gasteiger partial charge in [0.1, 0.15) is 23.2 Å². The number of likely N-dealkylation sites (N-methyl/N-ethyl adjacent to an activating group) is 2. The van der Waals surface area contributed by atoms with Crippen molar-refractivity contribution in [3.63, 3.8) is 0 Å². The summed E-state index contributed by atoms with van der Waals surface area (Å²) in [5, 5.41) is 48.4. The lowest BCUT2D eigenvalue weighted by molar-refractivity contribution is -0.181. The predicted octanol–water partition coefficient (Wildman–Crippen LogP) is -0.133. The number of phenols is 1. The van der Waals surface area contributed by atoms with Crippen LogP contribution in [0.4, 0.5) is 5.69 Å². The fourth-order valence-electron chi connectivity index (χ4n) is 6.18. The molecule has 5 unspecified atom stereocenters. The maximum absolute atomic E-state index is 14.2. The van der Waals surface area contributed by atoms with Gasteiger partial charge in [0, 0.05) is 6.42 Å². The first-order valence-electron chi connectivity index (χ1n) is 13.3. The third-order valence-corrected chi connectivity index (χ3v) is 8.00. The number of Topliss-reactive ketones (excluding diaryl/α,β-unsaturated/α-hetero) is 2. The molecule has 1 fully saturated rings. The minimum atomic E-state index is -3.07. The fourth-order valence-corrected chi connectivity index (χ4v) is 6.18. The van der Waals surface area contributed by atoms with Crippen LogP contribution in [0, 0.1) is 11.8 Å². The van der Waals surface area contributed by atoms with E-state index in [0.29, 0.717) is 0 Å². The molecule has 0 spiro atoms. The molecule has 0 aliphatic heterocycles. The molecule has 14 nitrogen and oxygen atoms in total. The van der Waals surface area contributed by atoms with E-state index >= 15 is 0 Å². The van der Waals surface area contributed by atoms with Gasteiger partial charge in [0.15, 0.2) is 17.1 Å². The molecule has 2 amide bonds. The maximum Gasteiger partial charge on any atom is 0.305 e. The third kappa shape index (κ3) is 4.67. The fraction of sp³-hybridized carbons (Fsp3) is 0.414. The monoisotopic (exact) mass is 598 g/mol. The molecule has 14 heteroatoms. The van der Waals surface area contributed by atoms with E-state index in [1.807, 2.05) is 0 Å². The second kappa shape index (κ2) is 10.9. The Hall–Kier alpha value is -4.53. The molecule has 43 heavy (non-hydrogen) atoms. The molecule has 3 aliphatic rings. The van der Waals surface area contributed by atoms with Crippen LogP contribution < -0.4 is 11.1 Å². The predicted molar refractivity (Wildman–Crippen MR) is 152 cm³/mol. The Morgan fingerprint density at radius 1 is 1.12 bits per heavy atom. The first-order valence-corrected chi connectivity index (χ1v) is 13.3. The Balaban J connectivity index is 2.04. The number of rotatable bonds is 7. The van der Waals surface area contributed by atoms with Gasteiger partial charge in [-0.05, 0) is 45.4 Å². The molecule has 230 valence electrons. The smallest absolute Gasteiger partial charge is 0.305 e. The van der Waals surface area contributed by atoms with Gasteiger partial charge in [0.05, 0.1) is 41.2 Å². The SMILES string of the molecule is C=C1c2ccc(NC(=O)CN(C)C)c(O)c2C(O)=C2C(=O)C3(O)C(O)=C(C(N)=O)C(=O)C(N(C)C)C3C(OC(=O)CC)C12. The number of fused-ring (bicyclic) bond motifs is 3. The normalized spacial score (nSPS) is 26.7. The molecule has 7 N–H and O–H groups in total. The minimum Gasteiger partial charge on any atom is -0.508 e. The number of benzene rings is 1. The van der Waals surface area contributed by atoms with Crippen molar-refractivity contribution >= 4 is 46.4 Å². The van der Waals surface area contributed by atoms with E-state index in [9.17, 15) is 44.4 Å². The minimum absolute atomic E-state index is 0.0324. The second-order valence-electron chi connectivity index (χ2n) is 11.2. The number of nitrogens with zero attached hydrogens (tertiary/aromatic N) is 2. The number of ether oxygens (including phenoxy) is 1. The zero-order chi connectivity index (χ0) is 32.3. The Kier molecular flexibility index (Phi) is 8.00. The van der Waals surface area contributed by atoms with E-state index in [-0.39, 0.29) is 35.4 Å². The summed E-state index contributed by atoms with van der Waals surface area (Å²) >= 11 is 0. The topological polar surface area (TPSA) is 220 Å². The molecule has 1 aromatic rings. The number of hydrogen-bond donors (Lipinski definition) is 6. The summed E-state index contributed by atoms with van der Waals surface area (Å²) in [7, 11) is 6.17. The second-order valence-corrected chi connectivity index (χ2v) is 11.2. The molecular weight excluding hydrogens is 564 g/mol. The van der Waals surface area contributed by atoms with Gasteiger partial charge in [-0.15, -0.1) is 0 Å². The average Bonchev–Trinajstić information content (AvgIpc) is 2.90. The Morgan fingerprint density at radius 3 is 2.28 bits per heavy atom. The molecule has 1 aromatic carbocycles. The number of esters is 1. The lowest BCUT2D eigenvalue weighted by Crippen LogP contribution is -2.70. The molecule has 0 aromatic heterocycles. The number of hydrogen-bond acceptors (Lipinski definition) is 12. The van der Waals surface area contributed by atoms with Crippen LogP contribution in [0.25, 0.3) is 11.3 Å². The summed E-state index contributed by atoms with van der Waals surface area (Å²) < 4.78 is 5.73. The van der Waals surface area contributed by atoms with Gasteiger partial charge in [-0.25, -0.2) is 0 Å². The summed E-state index contributed by atoms with van der Waals surface area (Å²) in [6, 6.07) is 1.29. The van der Waals surface area contributed by atoms with Crippen molar-refractivity contribution in [2.24, 2.45) is 17.6 Å². The molecule has 3 aliphatic carbocycles. The van der Waals surface area contributed by atoms with Crippen LogP contribution in [0.2, 0.25) is 0 Å². The number of ketones is 2. The summed E-state index contributed by atoms with van der Waals surface area (Å²) in [6.45, 7) is 5.51. The van der Waals surface area contributed by atoms with Crippen molar-refractivity contribution in [3.05, 3.63) is 46.7 Å². The number of anilines is 1. The van der Waals surface area contributed by atoms with Gasteiger partial charge >= 0.3 is 5.97 Å². The van der Waals surface area contributed by atoms with Crippen molar-refractivity contribution in [3.8, 4) is 5.75 Å². The summed E-state index contributed by atoms with van der Waals surface area (Å²) in [4.78, 5) is 68.0. The lowest BCUT2D eigenvalue weighted by atomic mass is 9.55. The van der Waals surface area contributed by atoms with Gasteiger partial charge in [0.25, 0.3) is 5.91 Å². The van der Waals surface area contributed by atoms with Crippen LogP contribution in [0.3, 0.4) is 0 Å². The van der Waals surface area contributed by atoms with Gasteiger partial charge in [-0.1, -0.05) is 19.6 Å². The maximum atomic E-state index is 14.2. The number of nitrogens with two attached hydrogens (primary N) is 1. The Bertz CT molecular complexity index is 1540. The molecule has 0 bridgehead atoms. The van der Waals surface area contributed by atoms with Gasteiger partial charge in [0.2, 0.25) is 11.7 Å². The number of primary amides is 1. The van der Waals surface area contributed by atoms with Gasteiger partial charge in [-0.2, -0.15) is 0 Å². The summed E-state index contributed by atoms with van der Waals surface area (Å²) in [5.74, 6) is -10.9. The van der Waals surface area contributed by atoms with Crippen LogP contribution >= 0.6 is 0 Å². The number of carbonyl (C=O) groups is 5. The molecular formula is C29H34N4O10. The number of phenolic OH excluding ortho intramolecular Hbond substituents is 1. The van der Waals surface area contributed by atoms with E-state index in [4.69, 9.17) is 10.5 Å². The first kappa shape index (κ1) is 31.4. The molecule has 4 rings (SSSR count). The highest BCUT2D eigenvalue weighted by Crippen LogP contribution is 2.57. The quantitative estimate of drug-likeness (QED) is 0.137. The molecule has 5 atom stereocenters. The van der Waals surface area contributed by atoms with Gasteiger partial charge in [-0.3, -0.25) is 28.9 Å². The van der Waals surface area contributed by atoms with Crippen LogP contribution in [0.15, 0.2) is 35.6 Å². The van der Waals surface area contributed by atoms with Crippen LogP contribution in [-0.4, -0.2) is 112 Å². The van der Waals surface area contributed by atoms with Crippen molar-refractivity contribution in [2.75, 3.05) is 40.1 Å². The van der Waals surface area contributed by atoms with Crippen molar-refractivity contribution in [2.45, 2.75) is 31.1 Å². The van der Waals surface area contributed by atoms with E-state index in [1.54, 1.807) is 19.0 Å². The largest absolute Gasteiger partial charge is 0.508 e. The Morgan fingerprint density at radius 2 is 1.74 bits per heavy atom. The number of aromatic hydroxyl groups is 1. The van der Waals surface area contributed by atoms with Crippen LogP contribution in [-0.2, 0) is 28.7 Å². The zero-order valence-corrected chi connectivity index (χ0v) is 24.3. The number of aliphatic hydroxyl groups excluding tert-OH is 2. The summed E-state index contributed by atoms with van der Waals surface area (Å²) in [5.41, 5.74) is 0.467.